The number of halogens is 1. The summed E-state index contributed by atoms with van der Waals surface area (Å²) in [6.07, 6.45) is 0. The van der Waals surface area contributed by atoms with Gasteiger partial charge in [0.1, 0.15) is 0 Å². The van der Waals surface area contributed by atoms with E-state index in [1.54, 1.807) is 29.5 Å². The van der Waals surface area contributed by atoms with Crippen LogP contribution in [-0.4, -0.2) is 17.9 Å². The van der Waals surface area contributed by atoms with E-state index in [2.05, 4.69) is 10.6 Å². The topological polar surface area (TPSA) is 58.2 Å². The van der Waals surface area contributed by atoms with E-state index in [-0.39, 0.29) is 17.9 Å². The third-order valence-electron chi connectivity index (χ3n) is 3.18. The maximum atomic E-state index is 12.4. The van der Waals surface area contributed by atoms with E-state index >= 15 is 0 Å². The predicted molar refractivity (Wildman–Crippen MR) is 95.8 cm³/mol. The van der Waals surface area contributed by atoms with Crippen LogP contribution in [0.25, 0.3) is 0 Å². The number of carbonyl (C=O) groups is 2. The number of rotatable bonds is 4. The van der Waals surface area contributed by atoms with E-state index in [4.69, 9.17) is 11.6 Å². The Morgan fingerprint density at radius 2 is 1.83 bits per heavy atom. The van der Waals surface area contributed by atoms with E-state index in [0.29, 0.717) is 21.8 Å². The number of hydrogen-bond acceptors (Lipinski definition) is 3. The summed E-state index contributed by atoms with van der Waals surface area (Å²) in [6, 6.07) is 6.71. The Hall–Kier alpha value is -1.85. The molecule has 2 amide bonds. The molecule has 0 radical (unpaired) electrons. The molecule has 1 aromatic heterocycles. The van der Waals surface area contributed by atoms with Crippen molar-refractivity contribution in [2.24, 2.45) is 0 Å². The number of thiophene rings is 1. The Morgan fingerprint density at radius 1 is 1.13 bits per heavy atom. The van der Waals surface area contributed by atoms with Gasteiger partial charge in [-0.2, -0.15) is 0 Å². The average Bonchev–Trinajstić information content (AvgIpc) is 2.79. The molecule has 1 heterocycles. The second kappa shape index (κ2) is 7.15. The van der Waals surface area contributed by atoms with Crippen LogP contribution in [0.4, 0.5) is 5.69 Å². The first kappa shape index (κ1) is 17.5. The highest BCUT2D eigenvalue weighted by Crippen LogP contribution is 2.26. The molecule has 4 nitrogen and oxygen atoms in total. The molecule has 2 N–H and O–H groups in total. The number of amides is 2. The zero-order valence-electron chi connectivity index (χ0n) is 13.5. The van der Waals surface area contributed by atoms with Gasteiger partial charge in [-0.05, 0) is 52.0 Å². The second-order valence-corrected chi connectivity index (χ2v) is 7.47. The van der Waals surface area contributed by atoms with Crippen molar-refractivity contribution in [2.75, 3.05) is 5.32 Å². The van der Waals surface area contributed by atoms with Crippen LogP contribution < -0.4 is 10.6 Å². The molecule has 122 valence electrons. The Kier molecular flexibility index (Phi) is 5.44. The molecule has 0 atom stereocenters. The number of nitrogens with one attached hydrogen (secondary N) is 2. The molecule has 0 unspecified atom stereocenters. The van der Waals surface area contributed by atoms with Crippen LogP contribution in [0.3, 0.4) is 0 Å². The molecule has 0 aliphatic rings. The van der Waals surface area contributed by atoms with Gasteiger partial charge in [0.2, 0.25) is 0 Å². The summed E-state index contributed by atoms with van der Waals surface area (Å²) in [7, 11) is 0. The number of aryl methyl sites for hydroxylation is 2. The third-order valence-corrected chi connectivity index (χ3v) is 4.48. The summed E-state index contributed by atoms with van der Waals surface area (Å²) >= 11 is 7.71. The fraction of sp³-hybridized carbons (Fsp3) is 0.294. The fourth-order valence-corrected chi connectivity index (χ4v) is 3.24. The molecule has 2 aromatic rings. The molecule has 0 bridgehead atoms. The van der Waals surface area contributed by atoms with Gasteiger partial charge in [-0.3, -0.25) is 9.59 Å². The van der Waals surface area contributed by atoms with Crippen molar-refractivity contribution in [1.29, 1.82) is 0 Å². The highest BCUT2D eigenvalue weighted by Gasteiger charge is 2.15. The quantitative estimate of drug-likeness (QED) is 0.858. The van der Waals surface area contributed by atoms with Crippen LogP contribution in [0.2, 0.25) is 5.02 Å². The number of benzene rings is 1. The average molecular weight is 351 g/mol. The fourth-order valence-electron chi connectivity index (χ4n) is 2.15. The van der Waals surface area contributed by atoms with Crippen LogP contribution in [0, 0.1) is 13.8 Å². The van der Waals surface area contributed by atoms with Gasteiger partial charge in [-0.1, -0.05) is 11.6 Å². The molecule has 23 heavy (non-hydrogen) atoms. The van der Waals surface area contributed by atoms with Gasteiger partial charge in [0, 0.05) is 21.4 Å². The lowest BCUT2D eigenvalue weighted by molar-refractivity contribution is 0.0942. The van der Waals surface area contributed by atoms with Crippen molar-refractivity contribution in [3.8, 4) is 0 Å². The Morgan fingerprint density at radius 3 is 2.39 bits per heavy atom. The Balaban J connectivity index is 2.24. The second-order valence-electron chi connectivity index (χ2n) is 5.60. The van der Waals surface area contributed by atoms with Crippen LogP contribution in [0.15, 0.2) is 24.3 Å². The zero-order valence-corrected chi connectivity index (χ0v) is 15.1. The highest BCUT2D eigenvalue weighted by molar-refractivity contribution is 7.12. The minimum absolute atomic E-state index is 0.0349. The predicted octanol–water partition coefficient (Wildman–Crippen LogP) is 4.41. The number of hydrogen-bond donors (Lipinski definition) is 2. The molecular weight excluding hydrogens is 332 g/mol. The van der Waals surface area contributed by atoms with Crippen molar-refractivity contribution in [1.82, 2.24) is 5.32 Å². The van der Waals surface area contributed by atoms with Crippen LogP contribution in [0.1, 0.15) is 44.3 Å². The Bertz CT molecular complexity index is 753. The maximum Gasteiger partial charge on any atom is 0.256 e. The van der Waals surface area contributed by atoms with Gasteiger partial charge in [0.05, 0.1) is 16.3 Å². The monoisotopic (exact) mass is 350 g/mol. The first-order valence-electron chi connectivity index (χ1n) is 7.26. The van der Waals surface area contributed by atoms with Crippen molar-refractivity contribution >= 4 is 40.4 Å². The largest absolute Gasteiger partial charge is 0.350 e. The standard InChI is InChI=1S/C17H19ClN2O2S/c1-9(2)19-16(21)12-5-6-14(18)15(8-12)20-17(22)13-7-10(3)23-11(13)4/h5-9H,1-4H3,(H,19,21)(H,20,22). The van der Waals surface area contributed by atoms with Gasteiger partial charge >= 0.3 is 0 Å². The SMILES string of the molecule is Cc1cc(C(=O)Nc2cc(C(=O)NC(C)C)ccc2Cl)c(C)s1. The molecular formula is C17H19ClN2O2S. The minimum atomic E-state index is -0.227. The lowest BCUT2D eigenvalue weighted by atomic mass is 10.1. The molecule has 0 fully saturated rings. The van der Waals surface area contributed by atoms with Crippen molar-refractivity contribution in [3.63, 3.8) is 0 Å². The van der Waals surface area contributed by atoms with Crippen LogP contribution in [0.5, 0.6) is 0 Å². The molecule has 6 heteroatoms. The van der Waals surface area contributed by atoms with E-state index < -0.39 is 0 Å². The lowest BCUT2D eigenvalue weighted by Crippen LogP contribution is -2.30. The zero-order chi connectivity index (χ0) is 17.1. The summed E-state index contributed by atoms with van der Waals surface area (Å²) in [5.41, 5.74) is 1.51. The summed E-state index contributed by atoms with van der Waals surface area (Å²) in [6.45, 7) is 7.63. The lowest BCUT2D eigenvalue weighted by Gasteiger charge is -2.11. The molecule has 0 saturated heterocycles. The highest BCUT2D eigenvalue weighted by atomic mass is 35.5. The normalized spacial score (nSPS) is 10.7. The van der Waals surface area contributed by atoms with E-state index in [0.717, 1.165) is 9.75 Å². The van der Waals surface area contributed by atoms with Gasteiger partial charge < -0.3 is 10.6 Å². The molecule has 0 aliphatic heterocycles. The van der Waals surface area contributed by atoms with Gasteiger partial charge in [-0.15, -0.1) is 11.3 Å². The smallest absolute Gasteiger partial charge is 0.256 e. The number of carbonyl (C=O) groups excluding carboxylic acids is 2. The summed E-state index contributed by atoms with van der Waals surface area (Å²) in [4.78, 5) is 26.5. The van der Waals surface area contributed by atoms with Crippen LogP contribution >= 0.6 is 22.9 Å². The summed E-state index contributed by atoms with van der Waals surface area (Å²) < 4.78 is 0. The first-order chi connectivity index (χ1) is 10.8. The van der Waals surface area contributed by atoms with E-state index in [1.807, 2.05) is 33.8 Å². The molecule has 2 rings (SSSR count). The number of anilines is 1. The van der Waals surface area contributed by atoms with Gasteiger partial charge in [-0.25, -0.2) is 0 Å². The van der Waals surface area contributed by atoms with Crippen LogP contribution in [-0.2, 0) is 0 Å². The summed E-state index contributed by atoms with van der Waals surface area (Å²) in [5, 5.41) is 5.99. The van der Waals surface area contributed by atoms with Gasteiger partial charge in [0.25, 0.3) is 11.8 Å². The first-order valence-corrected chi connectivity index (χ1v) is 8.46. The van der Waals surface area contributed by atoms with E-state index in [9.17, 15) is 9.59 Å². The minimum Gasteiger partial charge on any atom is -0.350 e. The molecule has 0 aliphatic carbocycles. The maximum absolute atomic E-state index is 12.4. The Labute approximate surface area is 144 Å². The van der Waals surface area contributed by atoms with Crippen molar-refractivity contribution in [3.05, 3.63) is 50.2 Å². The molecule has 0 saturated carbocycles. The third kappa shape index (κ3) is 4.33. The molecule has 1 aromatic carbocycles. The van der Waals surface area contributed by atoms with Gasteiger partial charge in [0.15, 0.2) is 0 Å². The molecule has 0 spiro atoms. The van der Waals surface area contributed by atoms with E-state index in [1.165, 1.54) is 0 Å². The van der Waals surface area contributed by atoms with Crippen molar-refractivity contribution < 1.29 is 9.59 Å². The summed E-state index contributed by atoms with van der Waals surface area (Å²) in [5.74, 6) is -0.426. The van der Waals surface area contributed by atoms with Crippen molar-refractivity contribution in [2.45, 2.75) is 33.7 Å².